The first-order valence-electron chi connectivity index (χ1n) is 9.17. The number of hydrogen-bond donors (Lipinski definition) is 0. The summed E-state index contributed by atoms with van der Waals surface area (Å²) in [4.78, 5) is 29.1. The molecule has 0 bridgehead atoms. The van der Waals surface area contributed by atoms with Gasteiger partial charge in [-0.25, -0.2) is 0 Å². The van der Waals surface area contributed by atoms with Crippen LogP contribution in [0.1, 0.15) is 44.2 Å². The largest absolute Gasteiger partial charge is 0.342 e. The number of carbonyl (C=O) groups excluding carboxylic acids is 2. The Labute approximate surface area is 144 Å². The molecule has 1 aromatic carbocycles. The van der Waals surface area contributed by atoms with Crippen LogP contribution >= 0.6 is 0 Å². The number of benzene rings is 1. The van der Waals surface area contributed by atoms with Gasteiger partial charge in [-0.2, -0.15) is 0 Å². The maximum absolute atomic E-state index is 13.1. The van der Waals surface area contributed by atoms with E-state index in [9.17, 15) is 9.59 Å². The third-order valence-electron chi connectivity index (χ3n) is 5.33. The Balaban J connectivity index is 1.70. The molecule has 0 radical (unpaired) electrons. The molecule has 24 heavy (non-hydrogen) atoms. The number of likely N-dealkylation sites (tertiary alicyclic amines) is 1. The van der Waals surface area contributed by atoms with Crippen molar-refractivity contribution in [2.24, 2.45) is 11.8 Å². The van der Waals surface area contributed by atoms with Crippen LogP contribution in [0.15, 0.2) is 18.2 Å². The minimum absolute atomic E-state index is 0.0360. The maximum atomic E-state index is 13.1. The molecule has 1 saturated heterocycles. The number of carbonyl (C=O) groups is 2. The molecule has 130 valence electrons. The predicted molar refractivity (Wildman–Crippen MR) is 96.0 cm³/mol. The van der Waals surface area contributed by atoms with Crippen molar-refractivity contribution < 1.29 is 9.59 Å². The van der Waals surface area contributed by atoms with Gasteiger partial charge < -0.3 is 9.80 Å². The third-order valence-corrected chi connectivity index (χ3v) is 5.33. The van der Waals surface area contributed by atoms with Gasteiger partial charge in [0, 0.05) is 37.2 Å². The lowest BCUT2D eigenvalue weighted by molar-refractivity contribution is -0.137. The lowest BCUT2D eigenvalue weighted by Gasteiger charge is -2.37. The van der Waals surface area contributed by atoms with Gasteiger partial charge in [0.2, 0.25) is 11.8 Å². The van der Waals surface area contributed by atoms with E-state index in [1.165, 1.54) is 11.1 Å². The molecule has 4 heteroatoms. The Morgan fingerprint density at radius 3 is 2.50 bits per heavy atom. The molecule has 0 unspecified atom stereocenters. The molecule has 0 atom stereocenters. The molecular weight excluding hydrogens is 300 g/mol. The molecule has 0 N–H and O–H groups in total. The van der Waals surface area contributed by atoms with Crippen LogP contribution in [0.25, 0.3) is 0 Å². The summed E-state index contributed by atoms with van der Waals surface area (Å²) >= 11 is 0. The van der Waals surface area contributed by atoms with Crippen molar-refractivity contribution in [1.82, 2.24) is 4.90 Å². The number of fused-ring (bicyclic) bond motifs is 1. The van der Waals surface area contributed by atoms with E-state index in [1.807, 2.05) is 23.6 Å². The lowest BCUT2D eigenvalue weighted by atomic mass is 9.91. The Morgan fingerprint density at radius 1 is 1.12 bits per heavy atom. The molecule has 4 nitrogen and oxygen atoms in total. The topological polar surface area (TPSA) is 40.6 Å². The van der Waals surface area contributed by atoms with Crippen LogP contribution in [0.3, 0.4) is 0 Å². The number of amides is 2. The van der Waals surface area contributed by atoms with Crippen LogP contribution in [0.2, 0.25) is 0 Å². The van der Waals surface area contributed by atoms with Gasteiger partial charge in [-0.3, -0.25) is 9.59 Å². The van der Waals surface area contributed by atoms with Crippen molar-refractivity contribution in [3.05, 3.63) is 29.3 Å². The van der Waals surface area contributed by atoms with Crippen LogP contribution < -0.4 is 4.90 Å². The molecule has 2 aliphatic heterocycles. The first-order valence-corrected chi connectivity index (χ1v) is 9.17. The van der Waals surface area contributed by atoms with Crippen LogP contribution in [0.5, 0.6) is 0 Å². The summed E-state index contributed by atoms with van der Waals surface area (Å²) in [6, 6.07) is 6.32. The van der Waals surface area contributed by atoms with Gasteiger partial charge in [-0.05, 0) is 43.7 Å². The molecule has 0 saturated carbocycles. The summed E-state index contributed by atoms with van der Waals surface area (Å²) < 4.78 is 0. The Bertz CT molecular complexity index is 631. The number of piperidine rings is 1. The normalized spacial score (nSPS) is 18.7. The second kappa shape index (κ2) is 6.96. The minimum Gasteiger partial charge on any atom is -0.342 e. The number of nitrogens with zero attached hydrogens (tertiary/aromatic N) is 2. The average Bonchev–Trinajstić information content (AvgIpc) is 2.60. The molecule has 0 aromatic heterocycles. The standard InChI is InChI=1S/C20H28N2O2/c1-14(2)19(23)21-12-9-17(10-13-21)20(24)22-11-5-8-16-7-4-6-15(3)18(16)22/h4,6-7,14,17H,5,8-13H2,1-3H3. The number of aryl methyl sites for hydroxylation is 2. The highest BCUT2D eigenvalue weighted by atomic mass is 16.2. The Morgan fingerprint density at radius 2 is 1.83 bits per heavy atom. The first kappa shape index (κ1) is 17.0. The summed E-state index contributed by atoms with van der Waals surface area (Å²) in [6.07, 6.45) is 3.67. The fraction of sp³-hybridized carbons (Fsp3) is 0.600. The summed E-state index contributed by atoms with van der Waals surface area (Å²) in [5.74, 6) is 0.544. The fourth-order valence-corrected chi connectivity index (χ4v) is 4.00. The Hall–Kier alpha value is -1.84. The van der Waals surface area contributed by atoms with E-state index in [0.29, 0.717) is 13.1 Å². The molecule has 3 rings (SSSR count). The molecule has 2 amide bonds. The van der Waals surface area contributed by atoms with Crippen LogP contribution in [-0.4, -0.2) is 36.3 Å². The number of rotatable bonds is 2. The highest BCUT2D eigenvalue weighted by Crippen LogP contribution is 2.33. The van der Waals surface area contributed by atoms with E-state index >= 15 is 0 Å². The zero-order chi connectivity index (χ0) is 17.3. The highest BCUT2D eigenvalue weighted by Gasteiger charge is 2.33. The van der Waals surface area contributed by atoms with E-state index in [-0.39, 0.29) is 23.7 Å². The van der Waals surface area contributed by atoms with E-state index in [1.54, 1.807) is 0 Å². The summed E-state index contributed by atoms with van der Waals surface area (Å²) in [7, 11) is 0. The monoisotopic (exact) mass is 328 g/mol. The van der Waals surface area contributed by atoms with E-state index in [0.717, 1.165) is 37.9 Å². The SMILES string of the molecule is Cc1cccc2c1N(C(=O)C1CCN(C(=O)C(C)C)CC1)CCC2. The minimum atomic E-state index is 0.0360. The van der Waals surface area contributed by atoms with Gasteiger partial charge in [-0.15, -0.1) is 0 Å². The van der Waals surface area contributed by atoms with E-state index in [2.05, 4.69) is 25.1 Å². The molecule has 0 spiro atoms. The van der Waals surface area contributed by atoms with Crippen molar-refractivity contribution in [3.8, 4) is 0 Å². The molecular formula is C20H28N2O2. The molecule has 2 heterocycles. The van der Waals surface area contributed by atoms with Crippen molar-refractivity contribution >= 4 is 17.5 Å². The number of hydrogen-bond acceptors (Lipinski definition) is 2. The second-order valence-electron chi connectivity index (χ2n) is 7.43. The third kappa shape index (κ3) is 3.19. The first-order chi connectivity index (χ1) is 11.5. The highest BCUT2D eigenvalue weighted by molar-refractivity contribution is 5.97. The second-order valence-corrected chi connectivity index (χ2v) is 7.43. The van der Waals surface area contributed by atoms with Crippen molar-refractivity contribution in [1.29, 1.82) is 0 Å². The zero-order valence-electron chi connectivity index (χ0n) is 15.0. The van der Waals surface area contributed by atoms with E-state index < -0.39 is 0 Å². The summed E-state index contributed by atoms with van der Waals surface area (Å²) in [5, 5.41) is 0. The summed E-state index contributed by atoms with van der Waals surface area (Å²) in [5.41, 5.74) is 3.62. The quantitative estimate of drug-likeness (QED) is 0.837. The fourth-order valence-electron chi connectivity index (χ4n) is 4.00. The van der Waals surface area contributed by atoms with Gasteiger partial charge in [0.1, 0.15) is 0 Å². The van der Waals surface area contributed by atoms with Crippen molar-refractivity contribution in [2.75, 3.05) is 24.5 Å². The molecule has 2 aliphatic rings. The Kier molecular flexibility index (Phi) is 4.93. The zero-order valence-corrected chi connectivity index (χ0v) is 15.0. The average molecular weight is 328 g/mol. The number of para-hydroxylation sites is 1. The van der Waals surface area contributed by atoms with Gasteiger partial charge in [0.05, 0.1) is 0 Å². The molecule has 0 aliphatic carbocycles. The predicted octanol–water partition coefficient (Wildman–Crippen LogP) is 3.17. The van der Waals surface area contributed by atoms with Gasteiger partial charge in [0.25, 0.3) is 0 Å². The lowest BCUT2D eigenvalue weighted by Crippen LogP contribution is -2.46. The molecule has 1 fully saturated rings. The van der Waals surface area contributed by atoms with Gasteiger partial charge >= 0.3 is 0 Å². The molecule has 1 aromatic rings. The smallest absolute Gasteiger partial charge is 0.230 e. The number of anilines is 1. The van der Waals surface area contributed by atoms with Crippen LogP contribution in [0.4, 0.5) is 5.69 Å². The van der Waals surface area contributed by atoms with Gasteiger partial charge in [-0.1, -0.05) is 32.0 Å². The van der Waals surface area contributed by atoms with Crippen LogP contribution in [0, 0.1) is 18.8 Å². The van der Waals surface area contributed by atoms with E-state index in [4.69, 9.17) is 0 Å². The van der Waals surface area contributed by atoms with Crippen LogP contribution in [-0.2, 0) is 16.0 Å². The summed E-state index contributed by atoms with van der Waals surface area (Å²) in [6.45, 7) is 8.21. The van der Waals surface area contributed by atoms with Crippen molar-refractivity contribution in [2.45, 2.75) is 46.5 Å². The van der Waals surface area contributed by atoms with Gasteiger partial charge in [0.15, 0.2) is 0 Å². The maximum Gasteiger partial charge on any atom is 0.230 e. The van der Waals surface area contributed by atoms with Crippen molar-refractivity contribution in [3.63, 3.8) is 0 Å².